The van der Waals surface area contributed by atoms with Crippen LogP contribution >= 0.6 is 11.6 Å². The van der Waals surface area contributed by atoms with Crippen LogP contribution in [0.25, 0.3) is 11.0 Å². The van der Waals surface area contributed by atoms with Crippen molar-refractivity contribution in [3.8, 4) is 0 Å². The molecule has 1 aromatic heterocycles. The Hall–Kier alpha value is -1.20. The van der Waals surface area contributed by atoms with Crippen LogP contribution in [0.5, 0.6) is 0 Å². The number of nitrogens with zero attached hydrogens (tertiary/aromatic N) is 3. The smallest absolute Gasteiger partial charge is 0.184 e. The van der Waals surface area contributed by atoms with Gasteiger partial charge in [0.1, 0.15) is 11.3 Å². The highest BCUT2D eigenvalue weighted by molar-refractivity contribution is 6.16. The summed E-state index contributed by atoms with van der Waals surface area (Å²) in [6.07, 6.45) is 2.20. The van der Waals surface area contributed by atoms with Crippen molar-refractivity contribution in [1.29, 1.82) is 0 Å². The van der Waals surface area contributed by atoms with Crippen molar-refractivity contribution in [2.75, 3.05) is 19.6 Å². The molecule has 0 aliphatic carbocycles. The van der Waals surface area contributed by atoms with Crippen molar-refractivity contribution < 1.29 is 8.78 Å². The maximum Gasteiger partial charge on any atom is 0.184 e. The molecule has 3 fully saturated rings. The molecule has 0 radical (unpaired) electrons. The Balaban J connectivity index is 1.92. The van der Waals surface area contributed by atoms with Gasteiger partial charge in [-0.25, -0.2) is 13.8 Å². The summed E-state index contributed by atoms with van der Waals surface area (Å²) in [6.45, 7) is 3.07. The van der Waals surface area contributed by atoms with Crippen LogP contribution in [-0.2, 0) is 5.88 Å². The Morgan fingerprint density at radius 2 is 2.00 bits per heavy atom. The lowest BCUT2D eigenvalue weighted by molar-refractivity contribution is 0.0576. The van der Waals surface area contributed by atoms with Crippen LogP contribution in [0, 0.1) is 17.6 Å². The van der Waals surface area contributed by atoms with Gasteiger partial charge in [-0.3, -0.25) is 0 Å². The highest BCUT2D eigenvalue weighted by atomic mass is 35.5. The molecule has 3 nitrogen and oxygen atoms in total. The molecule has 0 N–H and O–H groups in total. The van der Waals surface area contributed by atoms with Crippen molar-refractivity contribution >= 4 is 22.6 Å². The molecule has 21 heavy (non-hydrogen) atoms. The molecule has 3 aliphatic heterocycles. The standard InChI is InChI=1S/C15H16ClF2N3/c16-7-13-19-11-2-1-10(17)14(18)15(11)21(13)12-8-20-5-3-9(12)4-6-20/h1-2,9,12H,3-8H2. The topological polar surface area (TPSA) is 21.1 Å². The van der Waals surface area contributed by atoms with Gasteiger partial charge in [-0.1, -0.05) is 0 Å². The highest BCUT2D eigenvalue weighted by Crippen LogP contribution is 2.39. The van der Waals surface area contributed by atoms with Crippen LogP contribution in [0.4, 0.5) is 8.78 Å². The van der Waals surface area contributed by atoms with Crippen molar-refractivity contribution in [3.63, 3.8) is 0 Å². The minimum atomic E-state index is -0.828. The third kappa shape index (κ3) is 1.98. The van der Waals surface area contributed by atoms with Gasteiger partial charge in [0, 0.05) is 6.54 Å². The summed E-state index contributed by atoms with van der Waals surface area (Å²) >= 11 is 6.00. The minimum Gasteiger partial charge on any atom is -0.320 e. The number of piperidine rings is 3. The van der Waals surface area contributed by atoms with Gasteiger partial charge < -0.3 is 9.47 Å². The van der Waals surface area contributed by atoms with Crippen LogP contribution in [0.3, 0.4) is 0 Å². The summed E-state index contributed by atoms with van der Waals surface area (Å²) < 4.78 is 29.8. The lowest BCUT2D eigenvalue weighted by Crippen LogP contribution is -2.48. The number of fused-ring (bicyclic) bond motifs is 4. The molecule has 0 saturated carbocycles. The SMILES string of the molecule is Fc1ccc2nc(CCl)n(C3CN4CCC3CC4)c2c1F. The van der Waals surface area contributed by atoms with Crippen molar-refractivity contribution in [2.45, 2.75) is 24.8 Å². The Labute approximate surface area is 126 Å². The van der Waals surface area contributed by atoms with Crippen LogP contribution in [0.1, 0.15) is 24.7 Å². The zero-order chi connectivity index (χ0) is 14.6. The molecule has 1 aromatic carbocycles. The third-order valence-corrected chi connectivity index (χ3v) is 5.13. The van der Waals surface area contributed by atoms with E-state index >= 15 is 0 Å². The van der Waals surface area contributed by atoms with E-state index in [2.05, 4.69) is 9.88 Å². The van der Waals surface area contributed by atoms with Gasteiger partial charge in [-0.2, -0.15) is 0 Å². The van der Waals surface area contributed by atoms with E-state index in [9.17, 15) is 8.78 Å². The molecule has 112 valence electrons. The van der Waals surface area contributed by atoms with Crippen molar-refractivity contribution in [2.24, 2.45) is 5.92 Å². The number of alkyl halides is 1. The first-order valence-corrected chi connectivity index (χ1v) is 7.85. The molecule has 3 aliphatic rings. The second-order valence-corrected chi connectivity index (χ2v) is 6.23. The molecule has 6 heteroatoms. The molecule has 2 bridgehead atoms. The summed E-state index contributed by atoms with van der Waals surface area (Å²) in [5, 5.41) is 0. The molecule has 3 saturated heterocycles. The van der Waals surface area contributed by atoms with Gasteiger partial charge in [-0.05, 0) is 44.0 Å². The summed E-state index contributed by atoms with van der Waals surface area (Å²) in [5.74, 6) is -0.301. The molecule has 1 unspecified atom stereocenters. The van der Waals surface area contributed by atoms with E-state index in [1.165, 1.54) is 6.07 Å². The van der Waals surface area contributed by atoms with Gasteiger partial charge in [0.25, 0.3) is 0 Å². The van der Waals surface area contributed by atoms with Crippen molar-refractivity contribution in [3.05, 3.63) is 29.6 Å². The summed E-state index contributed by atoms with van der Waals surface area (Å²) in [7, 11) is 0. The molecular formula is C15H16ClF2N3. The fourth-order valence-electron chi connectivity index (χ4n) is 3.85. The monoisotopic (exact) mass is 311 g/mol. The average molecular weight is 312 g/mol. The fraction of sp³-hybridized carbons (Fsp3) is 0.533. The Morgan fingerprint density at radius 3 is 2.62 bits per heavy atom. The maximum atomic E-state index is 14.3. The largest absolute Gasteiger partial charge is 0.320 e. The zero-order valence-electron chi connectivity index (χ0n) is 11.5. The molecule has 0 amide bonds. The zero-order valence-corrected chi connectivity index (χ0v) is 12.3. The number of aromatic nitrogens is 2. The number of hydrogen-bond acceptors (Lipinski definition) is 2. The predicted molar refractivity (Wildman–Crippen MR) is 77.4 cm³/mol. The highest BCUT2D eigenvalue weighted by Gasteiger charge is 2.37. The molecule has 5 rings (SSSR count). The molecule has 1 atom stereocenters. The normalized spacial score (nSPS) is 28.4. The molecular weight excluding hydrogens is 296 g/mol. The number of benzene rings is 1. The van der Waals surface area contributed by atoms with Crippen molar-refractivity contribution in [1.82, 2.24) is 14.5 Å². The van der Waals surface area contributed by atoms with Crippen LogP contribution in [0.15, 0.2) is 12.1 Å². The minimum absolute atomic E-state index is 0.141. The first kappa shape index (κ1) is 13.5. The number of rotatable bonds is 2. The van der Waals surface area contributed by atoms with E-state index in [4.69, 9.17) is 11.6 Å². The second-order valence-electron chi connectivity index (χ2n) is 5.97. The molecule has 0 spiro atoms. The van der Waals surface area contributed by atoms with E-state index < -0.39 is 11.6 Å². The van der Waals surface area contributed by atoms with E-state index in [1.807, 2.05) is 4.57 Å². The van der Waals surface area contributed by atoms with Gasteiger partial charge in [-0.15, -0.1) is 11.6 Å². The number of imidazole rings is 1. The maximum absolute atomic E-state index is 14.3. The summed E-state index contributed by atoms with van der Waals surface area (Å²) in [4.78, 5) is 6.78. The van der Waals surface area contributed by atoms with E-state index in [1.54, 1.807) is 0 Å². The molecule has 2 aromatic rings. The lowest BCUT2D eigenvalue weighted by Gasteiger charge is -2.45. The quantitative estimate of drug-likeness (QED) is 0.793. The van der Waals surface area contributed by atoms with E-state index in [-0.39, 0.29) is 17.4 Å². The first-order valence-electron chi connectivity index (χ1n) is 7.32. The van der Waals surface area contributed by atoms with Gasteiger partial charge in [0.2, 0.25) is 0 Å². The van der Waals surface area contributed by atoms with Crippen LogP contribution < -0.4 is 0 Å². The second kappa shape index (κ2) is 4.92. The Morgan fingerprint density at radius 1 is 1.24 bits per heavy atom. The van der Waals surface area contributed by atoms with Gasteiger partial charge in [0.15, 0.2) is 11.6 Å². The first-order chi connectivity index (χ1) is 10.2. The number of halogens is 3. The Kier molecular flexibility index (Phi) is 3.15. The summed E-state index contributed by atoms with van der Waals surface area (Å²) in [5.41, 5.74) is 0.755. The van der Waals surface area contributed by atoms with Gasteiger partial charge >= 0.3 is 0 Å². The van der Waals surface area contributed by atoms with Crippen LogP contribution in [0.2, 0.25) is 0 Å². The summed E-state index contributed by atoms with van der Waals surface area (Å²) in [6, 6.07) is 2.80. The Bertz CT molecular complexity index is 692. The third-order valence-electron chi connectivity index (χ3n) is 4.89. The van der Waals surface area contributed by atoms with Gasteiger partial charge in [0.05, 0.1) is 17.4 Å². The lowest BCUT2D eigenvalue weighted by atomic mass is 9.83. The van der Waals surface area contributed by atoms with Crippen LogP contribution in [-0.4, -0.2) is 34.1 Å². The number of hydrogen-bond donors (Lipinski definition) is 0. The molecule has 4 heterocycles. The fourth-order valence-corrected chi connectivity index (χ4v) is 4.04. The van der Waals surface area contributed by atoms with E-state index in [0.29, 0.717) is 17.3 Å². The predicted octanol–water partition coefficient (Wildman–Crippen LogP) is 3.32. The average Bonchev–Trinajstić information content (AvgIpc) is 2.91. The van der Waals surface area contributed by atoms with E-state index in [0.717, 1.165) is 38.5 Å².